The molecule has 0 saturated carbocycles. The molecule has 2 atom stereocenters. The number of nitrogens with one attached hydrogen (secondary N) is 1. The fourth-order valence-electron chi connectivity index (χ4n) is 3.60. The molecule has 3 rings (SSSR count). The molecule has 6 nitrogen and oxygen atoms in total. The Morgan fingerprint density at radius 2 is 1.97 bits per heavy atom. The molecule has 162 valence electrons. The monoisotopic (exact) mass is 411 g/mol. The van der Waals surface area contributed by atoms with Crippen LogP contribution >= 0.6 is 0 Å². The van der Waals surface area contributed by atoms with Gasteiger partial charge in [-0.2, -0.15) is 0 Å². The summed E-state index contributed by atoms with van der Waals surface area (Å²) in [5.74, 6) is 1.97. The van der Waals surface area contributed by atoms with Crippen LogP contribution in [0.4, 0.5) is 5.82 Å². The van der Waals surface area contributed by atoms with Crippen LogP contribution in [0.5, 0.6) is 5.75 Å². The summed E-state index contributed by atoms with van der Waals surface area (Å²) in [5, 5.41) is 2.90. The molecule has 1 aromatic carbocycles. The number of pyridine rings is 1. The summed E-state index contributed by atoms with van der Waals surface area (Å²) >= 11 is 0. The number of rotatable bonds is 7. The molecule has 2 heterocycles. The number of morpholine rings is 1. The molecule has 0 radical (unpaired) electrons. The van der Waals surface area contributed by atoms with Crippen LogP contribution in [-0.2, 0) is 16.1 Å². The first-order valence-corrected chi connectivity index (χ1v) is 10.7. The van der Waals surface area contributed by atoms with Gasteiger partial charge in [0.1, 0.15) is 11.6 Å². The molecule has 1 saturated heterocycles. The first-order valence-electron chi connectivity index (χ1n) is 10.7. The van der Waals surface area contributed by atoms with Gasteiger partial charge in [-0.15, -0.1) is 0 Å². The molecule has 1 aromatic heterocycles. The minimum atomic E-state index is -0.149. The molecule has 2 unspecified atom stereocenters. The van der Waals surface area contributed by atoms with Gasteiger partial charge in [-0.05, 0) is 55.5 Å². The minimum Gasteiger partial charge on any atom is -0.483 e. The lowest BCUT2D eigenvalue weighted by molar-refractivity contribution is -0.123. The van der Waals surface area contributed by atoms with E-state index < -0.39 is 0 Å². The van der Waals surface area contributed by atoms with E-state index in [1.54, 1.807) is 0 Å². The Kier molecular flexibility index (Phi) is 7.32. The van der Waals surface area contributed by atoms with Crippen LogP contribution in [0.25, 0.3) is 0 Å². The van der Waals surface area contributed by atoms with Gasteiger partial charge in [0.25, 0.3) is 5.91 Å². The van der Waals surface area contributed by atoms with E-state index in [2.05, 4.69) is 49.0 Å². The Hall–Kier alpha value is -2.60. The fourth-order valence-corrected chi connectivity index (χ4v) is 3.60. The van der Waals surface area contributed by atoms with Gasteiger partial charge in [0, 0.05) is 25.8 Å². The van der Waals surface area contributed by atoms with Crippen molar-refractivity contribution in [1.29, 1.82) is 0 Å². The van der Waals surface area contributed by atoms with Crippen molar-refractivity contribution in [3.63, 3.8) is 0 Å². The minimum absolute atomic E-state index is 0.00252. The topological polar surface area (TPSA) is 63.7 Å². The Balaban J connectivity index is 1.49. The standard InChI is InChI=1S/C24H33N3O3/c1-16(2)21-8-6-17(3)22(10-21)29-15-24(28)26-12-20-7-9-23(25-11-20)27-13-18(4)30-19(5)14-27/h6-11,16,18-19H,12-15H2,1-5H3,(H,26,28). The number of ether oxygens (including phenoxy) is 2. The third-order valence-electron chi connectivity index (χ3n) is 5.28. The number of nitrogens with zero attached hydrogens (tertiary/aromatic N) is 2. The Labute approximate surface area is 179 Å². The second-order valence-corrected chi connectivity index (χ2v) is 8.43. The number of aryl methyl sites for hydroxylation is 1. The molecule has 0 bridgehead atoms. The second kappa shape index (κ2) is 9.94. The molecule has 1 N–H and O–H groups in total. The van der Waals surface area contributed by atoms with Crippen molar-refractivity contribution in [2.24, 2.45) is 0 Å². The predicted octanol–water partition coefficient (Wildman–Crippen LogP) is 3.82. The van der Waals surface area contributed by atoms with Crippen molar-refractivity contribution >= 4 is 11.7 Å². The molecular formula is C24H33N3O3. The van der Waals surface area contributed by atoms with Gasteiger partial charge in [0.2, 0.25) is 0 Å². The molecule has 1 fully saturated rings. The van der Waals surface area contributed by atoms with Crippen LogP contribution in [0.3, 0.4) is 0 Å². The quantitative estimate of drug-likeness (QED) is 0.750. The molecule has 0 aliphatic carbocycles. The molecule has 1 aliphatic rings. The molecule has 0 spiro atoms. The first kappa shape index (κ1) is 22.1. The maximum Gasteiger partial charge on any atom is 0.258 e. The molecule has 1 amide bonds. The van der Waals surface area contributed by atoms with E-state index in [1.807, 2.05) is 37.4 Å². The van der Waals surface area contributed by atoms with Crippen LogP contribution in [0.2, 0.25) is 0 Å². The highest BCUT2D eigenvalue weighted by Gasteiger charge is 2.23. The summed E-state index contributed by atoms with van der Waals surface area (Å²) in [6.07, 6.45) is 2.20. The van der Waals surface area contributed by atoms with Crippen LogP contribution in [0.1, 0.15) is 50.3 Å². The van der Waals surface area contributed by atoms with Crippen molar-refractivity contribution in [2.75, 3.05) is 24.6 Å². The number of anilines is 1. The lowest BCUT2D eigenvalue weighted by Gasteiger charge is -2.36. The van der Waals surface area contributed by atoms with Gasteiger partial charge >= 0.3 is 0 Å². The highest BCUT2D eigenvalue weighted by Crippen LogP contribution is 2.24. The zero-order valence-corrected chi connectivity index (χ0v) is 18.6. The van der Waals surface area contributed by atoms with E-state index in [-0.39, 0.29) is 24.7 Å². The Morgan fingerprint density at radius 1 is 1.23 bits per heavy atom. The molecule has 30 heavy (non-hydrogen) atoms. The third-order valence-corrected chi connectivity index (χ3v) is 5.28. The van der Waals surface area contributed by atoms with Gasteiger partial charge in [-0.3, -0.25) is 4.79 Å². The predicted molar refractivity (Wildman–Crippen MR) is 119 cm³/mol. The van der Waals surface area contributed by atoms with E-state index in [1.165, 1.54) is 5.56 Å². The lowest BCUT2D eigenvalue weighted by Crippen LogP contribution is -2.45. The maximum atomic E-state index is 12.2. The number of aromatic nitrogens is 1. The van der Waals surface area contributed by atoms with E-state index in [0.717, 1.165) is 35.8 Å². The van der Waals surface area contributed by atoms with Crippen molar-refractivity contribution in [1.82, 2.24) is 10.3 Å². The van der Waals surface area contributed by atoms with Crippen molar-refractivity contribution in [3.05, 3.63) is 53.2 Å². The van der Waals surface area contributed by atoms with E-state index in [0.29, 0.717) is 12.5 Å². The average molecular weight is 412 g/mol. The largest absolute Gasteiger partial charge is 0.483 e. The fraction of sp³-hybridized carbons (Fsp3) is 0.500. The van der Waals surface area contributed by atoms with Gasteiger partial charge in [-0.1, -0.05) is 32.0 Å². The van der Waals surface area contributed by atoms with Gasteiger partial charge in [0.15, 0.2) is 6.61 Å². The number of amides is 1. The van der Waals surface area contributed by atoms with Crippen molar-refractivity contribution < 1.29 is 14.3 Å². The summed E-state index contributed by atoms with van der Waals surface area (Å²) in [4.78, 5) is 19.0. The lowest BCUT2D eigenvalue weighted by atomic mass is 10.0. The van der Waals surface area contributed by atoms with Crippen LogP contribution in [-0.4, -0.2) is 42.8 Å². The Morgan fingerprint density at radius 3 is 2.60 bits per heavy atom. The van der Waals surface area contributed by atoms with Crippen molar-refractivity contribution in [3.8, 4) is 5.75 Å². The first-order chi connectivity index (χ1) is 14.3. The molecular weight excluding hydrogens is 378 g/mol. The van der Waals surface area contributed by atoms with Gasteiger partial charge in [0.05, 0.1) is 12.2 Å². The SMILES string of the molecule is Cc1ccc(C(C)C)cc1OCC(=O)NCc1ccc(N2CC(C)OC(C)C2)nc1. The zero-order valence-electron chi connectivity index (χ0n) is 18.6. The number of carbonyl (C=O) groups is 1. The van der Waals surface area contributed by atoms with E-state index in [4.69, 9.17) is 9.47 Å². The normalized spacial score (nSPS) is 19.1. The summed E-state index contributed by atoms with van der Waals surface area (Å²) in [6, 6.07) is 10.2. The molecule has 6 heteroatoms. The third kappa shape index (κ3) is 5.95. The number of hydrogen-bond donors (Lipinski definition) is 1. The average Bonchev–Trinajstić information content (AvgIpc) is 2.71. The van der Waals surface area contributed by atoms with Gasteiger partial charge in [-0.25, -0.2) is 4.98 Å². The number of hydrogen-bond acceptors (Lipinski definition) is 5. The molecule has 1 aliphatic heterocycles. The zero-order chi connectivity index (χ0) is 21.7. The second-order valence-electron chi connectivity index (χ2n) is 8.43. The van der Waals surface area contributed by atoms with E-state index in [9.17, 15) is 4.79 Å². The summed E-state index contributed by atoms with van der Waals surface area (Å²) < 4.78 is 11.5. The summed E-state index contributed by atoms with van der Waals surface area (Å²) in [6.45, 7) is 12.5. The smallest absolute Gasteiger partial charge is 0.258 e. The highest BCUT2D eigenvalue weighted by molar-refractivity contribution is 5.77. The van der Waals surface area contributed by atoms with Crippen LogP contribution in [0.15, 0.2) is 36.5 Å². The maximum absolute atomic E-state index is 12.2. The number of carbonyl (C=O) groups excluding carboxylic acids is 1. The highest BCUT2D eigenvalue weighted by atomic mass is 16.5. The van der Waals surface area contributed by atoms with Crippen LogP contribution < -0.4 is 15.0 Å². The van der Waals surface area contributed by atoms with E-state index >= 15 is 0 Å². The number of benzene rings is 1. The molecule has 2 aromatic rings. The van der Waals surface area contributed by atoms with Gasteiger partial charge < -0.3 is 19.7 Å². The Bertz CT molecular complexity index is 841. The summed E-state index contributed by atoms with van der Waals surface area (Å²) in [7, 11) is 0. The summed E-state index contributed by atoms with van der Waals surface area (Å²) in [5.41, 5.74) is 3.18. The van der Waals surface area contributed by atoms with Crippen LogP contribution in [0, 0.1) is 6.92 Å². The van der Waals surface area contributed by atoms with Crippen molar-refractivity contribution in [2.45, 2.75) is 59.3 Å².